The molecule has 8 nitrogen and oxygen atoms in total. The number of hydrogen-bond acceptors (Lipinski definition) is 4. The van der Waals surface area contributed by atoms with Crippen molar-refractivity contribution in [2.24, 2.45) is 12.0 Å². The molecule has 1 aromatic heterocycles. The third-order valence-electron chi connectivity index (χ3n) is 5.21. The molecule has 9 heteroatoms. The van der Waals surface area contributed by atoms with E-state index in [0.717, 1.165) is 28.2 Å². The molecular weight excluding hydrogens is 440 g/mol. The molecule has 0 aliphatic heterocycles. The number of nitrogens with one attached hydrogen (secondary N) is 3. The summed E-state index contributed by atoms with van der Waals surface area (Å²) in [6.07, 6.45) is 0. The first-order chi connectivity index (χ1) is 15.6. The number of aliphatic imine (C=N–C) groups is 1. The Morgan fingerprint density at radius 1 is 1.06 bits per heavy atom. The smallest absolute Gasteiger partial charge is 0.257 e. The lowest BCUT2D eigenvalue weighted by atomic mass is 10.2. The van der Waals surface area contributed by atoms with Gasteiger partial charge in [0.25, 0.3) is 5.91 Å². The van der Waals surface area contributed by atoms with E-state index in [1.165, 1.54) is 6.92 Å². The van der Waals surface area contributed by atoms with Crippen molar-refractivity contribution in [1.82, 2.24) is 15.1 Å². The Hall–Kier alpha value is -3.65. The topological polar surface area (TPSA) is 100 Å². The number of anilines is 2. The molecule has 0 saturated heterocycles. The van der Waals surface area contributed by atoms with Crippen molar-refractivity contribution in [2.75, 3.05) is 10.6 Å². The number of nitrogens with zero attached hydrogens (tertiary/aromatic N) is 3. The van der Waals surface area contributed by atoms with Crippen LogP contribution in [0, 0.1) is 20.8 Å². The van der Waals surface area contributed by atoms with Crippen LogP contribution in [-0.2, 0) is 18.4 Å². The summed E-state index contributed by atoms with van der Waals surface area (Å²) in [4.78, 5) is 28.8. The molecule has 2 amide bonds. The number of amides is 2. The van der Waals surface area contributed by atoms with Crippen LogP contribution < -0.4 is 16.0 Å². The van der Waals surface area contributed by atoms with E-state index in [9.17, 15) is 9.59 Å². The molecule has 0 saturated carbocycles. The first kappa shape index (κ1) is 24.0. The van der Waals surface area contributed by atoms with Crippen molar-refractivity contribution in [1.29, 1.82) is 0 Å². The second-order valence-electron chi connectivity index (χ2n) is 7.73. The summed E-state index contributed by atoms with van der Waals surface area (Å²) in [5.74, 6) is -0.224. The Morgan fingerprint density at radius 3 is 2.36 bits per heavy atom. The van der Waals surface area contributed by atoms with E-state index >= 15 is 0 Å². The van der Waals surface area contributed by atoms with Gasteiger partial charge in [0.15, 0.2) is 0 Å². The largest absolute Gasteiger partial charge is 0.326 e. The zero-order valence-corrected chi connectivity index (χ0v) is 20.0. The van der Waals surface area contributed by atoms with Gasteiger partial charge in [0.1, 0.15) is 0 Å². The van der Waals surface area contributed by atoms with Gasteiger partial charge >= 0.3 is 0 Å². The molecule has 0 fully saturated rings. The second-order valence-corrected chi connectivity index (χ2v) is 8.17. The molecule has 0 bridgehead atoms. The standard InChI is InChI=1S/C24H27ClN6O2/c1-14-6-9-19(25)12-22(14)28-24(26-13-21-15(2)30-31(5)16(21)3)29-23(33)18-7-10-20(11-8-18)27-17(4)32/h6-12H,13H2,1-5H3,(H,27,32)(H2,26,28,29,33). The lowest BCUT2D eigenvalue weighted by molar-refractivity contribution is -0.114. The minimum atomic E-state index is -0.338. The van der Waals surface area contributed by atoms with Crippen LogP contribution in [0.4, 0.5) is 11.4 Å². The molecule has 0 aliphatic carbocycles. The highest BCUT2D eigenvalue weighted by Gasteiger charge is 2.13. The molecule has 0 atom stereocenters. The first-order valence-corrected chi connectivity index (χ1v) is 10.8. The van der Waals surface area contributed by atoms with Gasteiger partial charge in [-0.3, -0.25) is 19.6 Å². The van der Waals surface area contributed by atoms with Gasteiger partial charge in [0.05, 0.1) is 12.2 Å². The van der Waals surface area contributed by atoms with Gasteiger partial charge in [0.2, 0.25) is 11.9 Å². The molecule has 0 spiro atoms. The molecule has 3 aromatic rings. The van der Waals surface area contributed by atoms with E-state index in [1.807, 2.05) is 38.6 Å². The highest BCUT2D eigenvalue weighted by Crippen LogP contribution is 2.20. The highest BCUT2D eigenvalue weighted by molar-refractivity contribution is 6.31. The molecule has 3 rings (SSSR count). The molecule has 172 valence electrons. The second kappa shape index (κ2) is 10.3. The van der Waals surface area contributed by atoms with E-state index in [4.69, 9.17) is 11.6 Å². The SMILES string of the molecule is CC(=O)Nc1ccc(C(=O)NC(=NCc2c(C)nn(C)c2C)Nc2cc(Cl)ccc2C)cc1. The van der Waals surface area contributed by atoms with Crippen LogP contribution in [0.2, 0.25) is 5.02 Å². The molecule has 33 heavy (non-hydrogen) atoms. The van der Waals surface area contributed by atoms with E-state index in [1.54, 1.807) is 36.4 Å². The van der Waals surface area contributed by atoms with Gasteiger partial charge in [-0.05, 0) is 62.7 Å². The van der Waals surface area contributed by atoms with Crippen molar-refractivity contribution in [3.63, 3.8) is 0 Å². The molecule has 1 heterocycles. The summed E-state index contributed by atoms with van der Waals surface area (Å²) < 4.78 is 1.81. The maximum atomic E-state index is 12.9. The van der Waals surface area contributed by atoms with Crippen LogP contribution in [-0.4, -0.2) is 27.6 Å². The summed E-state index contributed by atoms with van der Waals surface area (Å²) >= 11 is 6.16. The molecule has 0 aliphatic rings. The molecular formula is C24H27ClN6O2. The predicted molar refractivity (Wildman–Crippen MR) is 132 cm³/mol. The third-order valence-corrected chi connectivity index (χ3v) is 5.44. The fourth-order valence-electron chi connectivity index (χ4n) is 3.26. The van der Waals surface area contributed by atoms with Crippen molar-refractivity contribution in [2.45, 2.75) is 34.2 Å². The van der Waals surface area contributed by atoms with Crippen LogP contribution in [0.1, 0.15) is 39.8 Å². The minimum absolute atomic E-state index is 0.177. The summed E-state index contributed by atoms with van der Waals surface area (Å²) in [5.41, 5.74) is 5.62. The van der Waals surface area contributed by atoms with Gasteiger partial charge < -0.3 is 10.6 Å². The number of benzene rings is 2. The van der Waals surface area contributed by atoms with Crippen LogP contribution in [0.3, 0.4) is 0 Å². The number of rotatable bonds is 5. The first-order valence-electron chi connectivity index (χ1n) is 10.4. The fraction of sp³-hybridized carbons (Fsp3) is 0.250. The zero-order valence-electron chi connectivity index (χ0n) is 19.3. The third kappa shape index (κ3) is 6.20. The number of guanidine groups is 1. The zero-order chi connectivity index (χ0) is 24.1. The van der Waals surface area contributed by atoms with Gasteiger partial charge in [-0.1, -0.05) is 17.7 Å². The quantitative estimate of drug-likeness (QED) is 0.384. The Morgan fingerprint density at radius 2 is 1.76 bits per heavy atom. The van der Waals surface area contributed by atoms with E-state index < -0.39 is 0 Å². The number of hydrogen-bond donors (Lipinski definition) is 3. The van der Waals surface area contributed by atoms with Gasteiger partial charge in [-0.15, -0.1) is 0 Å². The van der Waals surface area contributed by atoms with Crippen LogP contribution >= 0.6 is 11.6 Å². The van der Waals surface area contributed by atoms with Gasteiger partial charge in [0, 0.05) is 47.2 Å². The maximum absolute atomic E-state index is 12.9. The van der Waals surface area contributed by atoms with Gasteiger partial charge in [-0.25, -0.2) is 4.99 Å². The molecule has 0 radical (unpaired) electrons. The Balaban J connectivity index is 1.86. The molecule has 3 N–H and O–H groups in total. The predicted octanol–water partition coefficient (Wildman–Crippen LogP) is 4.36. The minimum Gasteiger partial charge on any atom is -0.326 e. The Labute approximate surface area is 198 Å². The van der Waals surface area contributed by atoms with Crippen LogP contribution in [0.15, 0.2) is 47.5 Å². The van der Waals surface area contributed by atoms with Crippen molar-refractivity contribution in [3.8, 4) is 0 Å². The summed E-state index contributed by atoms with van der Waals surface area (Å²) in [6, 6.07) is 12.1. The maximum Gasteiger partial charge on any atom is 0.257 e. The Kier molecular flexibility index (Phi) is 7.50. The van der Waals surface area contributed by atoms with Crippen molar-refractivity contribution < 1.29 is 9.59 Å². The van der Waals surface area contributed by atoms with E-state index in [2.05, 4.69) is 26.0 Å². The highest BCUT2D eigenvalue weighted by atomic mass is 35.5. The fourth-order valence-corrected chi connectivity index (χ4v) is 3.43. The molecule has 2 aromatic carbocycles. The average Bonchev–Trinajstić information content (AvgIpc) is 3.00. The van der Waals surface area contributed by atoms with Crippen molar-refractivity contribution in [3.05, 3.63) is 75.6 Å². The van der Waals surface area contributed by atoms with E-state index in [0.29, 0.717) is 28.8 Å². The number of halogens is 1. The van der Waals surface area contributed by atoms with Crippen LogP contribution in [0.25, 0.3) is 0 Å². The van der Waals surface area contributed by atoms with E-state index in [-0.39, 0.29) is 11.8 Å². The summed E-state index contributed by atoms with van der Waals surface area (Å²) in [6.45, 7) is 7.62. The summed E-state index contributed by atoms with van der Waals surface area (Å²) in [5, 5.41) is 13.7. The average molecular weight is 467 g/mol. The normalized spacial score (nSPS) is 11.3. The van der Waals surface area contributed by atoms with Crippen LogP contribution in [0.5, 0.6) is 0 Å². The lowest BCUT2D eigenvalue weighted by Crippen LogP contribution is -2.36. The lowest BCUT2D eigenvalue weighted by Gasteiger charge is -2.14. The number of carbonyl (C=O) groups is 2. The monoisotopic (exact) mass is 466 g/mol. The summed E-state index contributed by atoms with van der Waals surface area (Å²) in [7, 11) is 1.89. The molecule has 0 unspecified atom stereocenters. The van der Waals surface area contributed by atoms with Gasteiger partial charge in [-0.2, -0.15) is 5.10 Å². The number of aromatic nitrogens is 2. The Bertz CT molecular complexity index is 1210. The number of aryl methyl sites for hydroxylation is 3. The van der Waals surface area contributed by atoms with Crippen molar-refractivity contribution >= 4 is 40.7 Å². The number of carbonyl (C=O) groups excluding carboxylic acids is 2.